The number of carbonyl (C=O) groups is 1. The quantitative estimate of drug-likeness (QED) is 0.744. The molecular formula is C12H24N2O. The lowest BCUT2D eigenvalue weighted by Crippen LogP contribution is -2.49. The van der Waals surface area contributed by atoms with Crippen LogP contribution in [0.15, 0.2) is 0 Å². The van der Waals surface area contributed by atoms with Gasteiger partial charge in [-0.1, -0.05) is 13.8 Å². The Kier molecular flexibility index (Phi) is 4.14. The van der Waals surface area contributed by atoms with Crippen molar-refractivity contribution in [1.82, 2.24) is 10.6 Å². The van der Waals surface area contributed by atoms with Crippen LogP contribution in [0, 0.1) is 5.92 Å². The van der Waals surface area contributed by atoms with Gasteiger partial charge in [-0.25, -0.2) is 0 Å². The molecule has 1 heterocycles. The monoisotopic (exact) mass is 212 g/mol. The molecule has 3 nitrogen and oxygen atoms in total. The minimum absolute atomic E-state index is 0.0284. The van der Waals surface area contributed by atoms with E-state index in [1.54, 1.807) is 0 Å². The number of rotatable bonds is 4. The molecule has 2 N–H and O–H groups in total. The fraction of sp³-hybridized carbons (Fsp3) is 0.917. The van der Waals surface area contributed by atoms with Crippen molar-refractivity contribution >= 4 is 5.91 Å². The van der Waals surface area contributed by atoms with E-state index in [1.165, 1.54) is 0 Å². The summed E-state index contributed by atoms with van der Waals surface area (Å²) >= 11 is 0. The second kappa shape index (κ2) is 4.97. The lowest BCUT2D eigenvalue weighted by atomic mass is 9.93. The molecule has 0 aromatic rings. The number of amides is 1. The van der Waals surface area contributed by atoms with Gasteiger partial charge in [-0.15, -0.1) is 0 Å². The van der Waals surface area contributed by atoms with Crippen LogP contribution in [0.3, 0.4) is 0 Å². The van der Waals surface area contributed by atoms with Gasteiger partial charge in [0.05, 0.1) is 5.92 Å². The van der Waals surface area contributed by atoms with Crippen molar-refractivity contribution in [2.24, 2.45) is 5.92 Å². The molecule has 1 saturated heterocycles. The third-order valence-electron chi connectivity index (χ3n) is 3.85. The zero-order chi connectivity index (χ0) is 11.5. The Hall–Kier alpha value is -0.570. The first-order valence-electron chi connectivity index (χ1n) is 6.08. The maximum absolute atomic E-state index is 12.0. The number of carbonyl (C=O) groups excluding carboxylic acids is 1. The molecule has 0 aromatic carbocycles. The van der Waals surface area contributed by atoms with E-state index >= 15 is 0 Å². The molecule has 3 heteroatoms. The van der Waals surface area contributed by atoms with Gasteiger partial charge in [-0.3, -0.25) is 4.79 Å². The summed E-state index contributed by atoms with van der Waals surface area (Å²) < 4.78 is 0. The first-order chi connectivity index (χ1) is 7.02. The van der Waals surface area contributed by atoms with Gasteiger partial charge in [-0.2, -0.15) is 0 Å². The second-order valence-corrected chi connectivity index (χ2v) is 4.89. The van der Waals surface area contributed by atoms with Crippen molar-refractivity contribution in [1.29, 1.82) is 0 Å². The largest absolute Gasteiger partial charge is 0.351 e. The van der Waals surface area contributed by atoms with Crippen LogP contribution in [0.25, 0.3) is 0 Å². The molecule has 0 radical (unpaired) electrons. The minimum atomic E-state index is -0.0284. The van der Waals surface area contributed by atoms with Gasteiger partial charge in [0.15, 0.2) is 0 Å². The van der Waals surface area contributed by atoms with Crippen LogP contribution in [0.5, 0.6) is 0 Å². The van der Waals surface area contributed by atoms with Crippen molar-refractivity contribution < 1.29 is 4.79 Å². The molecule has 0 aliphatic carbocycles. The van der Waals surface area contributed by atoms with Crippen molar-refractivity contribution in [2.45, 2.75) is 58.5 Å². The summed E-state index contributed by atoms with van der Waals surface area (Å²) in [6, 6.07) is 0.322. The Morgan fingerprint density at radius 1 is 1.47 bits per heavy atom. The van der Waals surface area contributed by atoms with Crippen molar-refractivity contribution in [3.05, 3.63) is 0 Å². The third kappa shape index (κ3) is 2.94. The van der Waals surface area contributed by atoms with Gasteiger partial charge in [0.25, 0.3) is 0 Å². The lowest BCUT2D eigenvalue weighted by molar-refractivity contribution is -0.127. The van der Waals surface area contributed by atoms with E-state index in [0.29, 0.717) is 6.04 Å². The molecule has 0 spiro atoms. The normalized spacial score (nSPS) is 26.7. The van der Waals surface area contributed by atoms with Crippen molar-refractivity contribution in [2.75, 3.05) is 6.54 Å². The van der Waals surface area contributed by atoms with Gasteiger partial charge in [0.1, 0.15) is 0 Å². The van der Waals surface area contributed by atoms with Crippen molar-refractivity contribution in [3.63, 3.8) is 0 Å². The molecule has 1 aliphatic rings. The van der Waals surface area contributed by atoms with Crippen LogP contribution in [-0.4, -0.2) is 24.0 Å². The molecule has 15 heavy (non-hydrogen) atoms. The van der Waals surface area contributed by atoms with Crippen molar-refractivity contribution in [3.8, 4) is 0 Å². The molecule has 0 saturated carbocycles. The van der Waals surface area contributed by atoms with Gasteiger partial charge in [-0.05, 0) is 39.7 Å². The SMILES string of the molecule is CCC(C)(CC)NC(=O)C1CCNC1C. The highest BCUT2D eigenvalue weighted by molar-refractivity contribution is 5.80. The maximum Gasteiger partial charge on any atom is 0.225 e. The van der Waals surface area contributed by atoms with Crippen LogP contribution in [0.2, 0.25) is 0 Å². The third-order valence-corrected chi connectivity index (χ3v) is 3.85. The summed E-state index contributed by atoms with van der Waals surface area (Å²) in [6.07, 6.45) is 2.95. The van der Waals surface area contributed by atoms with E-state index in [-0.39, 0.29) is 17.4 Å². The van der Waals surface area contributed by atoms with Crippen LogP contribution >= 0.6 is 0 Å². The molecule has 1 fully saturated rings. The molecular weight excluding hydrogens is 188 g/mol. The summed E-state index contributed by atoms with van der Waals surface area (Å²) in [4.78, 5) is 12.0. The average molecular weight is 212 g/mol. The van der Waals surface area contributed by atoms with Gasteiger partial charge >= 0.3 is 0 Å². The number of nitrogens with one attached hydrogen (secondary N) is 2. The fourth-order valence-electron chi connectivity index (χ4n) is 2.03. The summed E-state index contributed by atoms with van der Waals surface area (Å²) in [5.41, 5.74) is -0.0284. The minimum Gasteiger partial charge on any atom is -0.351 e. The topological polar surface area (TPSA) is 41.1 Å². The average Bonchev–Trinajstić information content (AvgIpc) is 2.64. The zero-order valence-electron chi connectivity index (χ0n) is 10.4. The lowest BCUT2D eigenvalue weighted by Gasteiger charge is -2.30. The Balaban J connectivity index is 2.54. The maximum atomic E-state index is 12.0. The fourth-order valence-corrected chi connectivity index (χ4v) is 2.03. The zero-order valence-corrected chi connectivity index (χ0v) is 10.4. The van der Waals surface area contributed by atoms with Crippen LogP contribution < -0.4 is 10.6 Å². The van der Waals surface area contributed by atoms with Crippen LogP contribution in [-0.2, 0) is 4.79 Å². The molecule has 88 valence electrons. The van der Waals surface area contributed by atoms with Gasteiger partial charge in [0, 0.05) is 11.6 Å². The molecule has 1 amide bonds. The van der Waals surface area contributed by atoms with Gasteiger partial charge < -0.3 is 10.6 Å². The first-order valence-corrected chi connectivity index (χ1v) is 6.08. The Morgan fingerprint density at radius 3 is 2.47 bits per heavy atom. The summed E-state index contributed by atoms with van der Waals surface area (Å²) in [5.74, 6) is 0.376. The van der Waals surface area contributed by atoms with E-state index in [0.717, 1.165) is 25.8 Å². The van der Waals surface area contributed by atoms with E-state index in [2.05, 4.69) is 38.3 Å². The molecule has 2 atom stereocenters. The predicted octanol–water partition coefficient (Wildman–Crippen LogP) is 1.68. The second-order valence-electron chi connectivity index (χ2n) is 4.89. The number of hydrogen-bond acceptors (Lipinski definition) is 2. The first kappa shape index (κ1) is 12.5. The highest BCUT2D eigenvalue weighted by atomic mass is 16.2. The van der Waals surface area contributed by atoms with E-state index in [9.17, 15) is 4.79 Å². The predicted molar refractivity (Wildman–Crippen MR) is 62.7 cm³/mol. The Labute approximate surface area is 93.0 Å². The molecule has 0 bridgehead atoms. The van der Waals surface area contributed by atoms with E-state index < -0.39 is 0 Å². The molecule has 2 unspecified atom stereocenters. The Morgan fingerprint density at radius 2 is 2.07 bits per heavy atom. The molecule has 1 rings (SSSR count). The summed E-state index contributed by atoms with van der Waals surface area (Å²) in [6.45, 7) is 9.43. The molecule has 1 aliphatic heterocycles. The standard InChI is InChI=1S/C12H24N2O/c1-5-12(4,6-2)14-11(15)10-7-8-13-9(10)3/h9-10,13H,5-8H2,1-4H3,(H,14,15). The van der Waals surface area contributed by atoms with E-state index in [4.69, 9.17) is 0 Å². The van der Waals surface area contributed by atoms with Crippen LogP contribution in [0.1, 0.15) is 47.0 Å². The summed E-state index contributed by atoms with van der Waals surface area (Å²) in [5, 5.41) is 6.50. The van der Waals surface area contributed by atoms with E-state index in [1.807, 2.05) is 0 Å². The number of hydrogen-bond donors (Lipinski definition) is 2. The Bertz CT molecular complexity index is 224. The smallest absolute Gasteiger partial charge is 0.225 e. The highest BCUT2D eigenvalue weighted by Crippen LogP contribution is 2.19. The molecule has 0 aromatic heterocycles. The highest BCUT2D eigenvalue weighted by Gasteiger charge is 2.32. The van der Waals surface area contributed by atoms with Crippen LogP contribution in [0.4, 0.5) is 0 Å². The summed E-state index contributed by atoms with van der Waals surface area (Å²) in [7, 11) is 0. The van der Waals surface area contributed by atoms with Gasteiger partial charge in [0.2, 0.25) is 5.91 Å².